The summed E-state index contributed by atoms with van der Waals surface area (Å²) in [5.41, 5.74) is -2.13. The summed E-state index contributed by atoms with van der Waals surface area (Å²) in [6, 6.07) is 10.2. The summed E-state index contributed by atoms with van der Waals surface area (Å²) in [7, 11) is 0. The smallest absolute Gasteiger partial charge is 0.426 e. The molecule has 0 radical (unpaired) electrons. The van der Waals surface area contributed by atoms with Crippen molar-refractivity contribution < 1.29 is 31.9 Å². The first-order valence-corrected chi connectivity index (χ1v) is 13.7. The van der Waals surface area contributed by atoms with E-state index in [1.807, 2.05) is 13.0 Å². The van der Waals surface area contributed by atoms with Gasteiger partial charge in [-0.15, -0.1) is 22.0 Å². The highest BCUT2D eigenvalue weighted by Crippen LogP contribution is 2.47. The van der Waals surface area contributed by atoms with E-state index in [0.29, 0.717) is 22.8 Å². The molecule has 3 heterocycles. The Labute approximate surface area is 234 Å². The molecule has 1 aliphatic rings. The molecule has 0 unspecified atom stereocenters. The fourth-order valence-electron chi connectivity index (χ4n) is 4.01. The van der Waals surface area contributed by atoms with Crippen molar-refractivity contribution in [3.8, 4) is 11.6 Å². The van der Waals surface area contributed by atoms with Crippen LogP contribution in [-0.4, -0.2) is 38.8 Å². The first kappa shape index (κ1) is 29.6. The van der Waals surface area contributed by atoms with Gasteiger partial charge in [-0.25, -0.2) is 9.78 Å². The van der Waals surface area contributed by atoms with Crippen molar-refractivity contribution in [3.05, 3.63) is 65.6 Å². The molecule has 0 aliphatic carbocycles. The third-order valence-electron chi connectivity index (χ3n) is 5.91. The molecule has 1 N–H and O–H groups in total. The van der Waals surface area contributed by atoms with Gasteiger partial charge in [0.1, 0.15) is 10.6 Å². The van der Waals surface area contributed by atoms with E-state index >= 15 is 0 Å². The van der Waals surface area contributed by atoms with Gasteiger partial charge < -0.3 is 13.9 Å². The molecule has 4 bridgehead atoms. The van der Waals surface area contributed by atoms with E-state index < -0.39 is 35.8 Å². The Bertz CT molecular complexity index is 1360. The lowest BCUT2D eigenvalue weighted by atomic mass is 9.95. The lowest BCUT2D eigenvalue weighted by Gasteiger charge is -2.32. The number of aryl methyl sites for hydroxylation is 1. The second-order valence-electron chi connectivity index (χ2n) is 10.3. The van der Waals surface area contributed by atoms with Gasteiger partial charge in [-0.3, -0.25) is 5.32 Å². The van der Waals surface area contributed by atoms with Crippen LogP contribution in [0.3, 0.4) is 0 Å². The number of alkyl halides is 3. The van der Waals surface area contributed by atoms with E-state index in [0.717, 1.165) is 5.56 Å². The summed E-state index contributed by atoms with van der Waals surface area (Å²) in [5, 5.41) is 11.0. The third-order valence-corrected chi connectivity index (χ3v) is 7.04. The van der Waals surface area contributed by atoms with E-state index in [1.165, 1.54) is 11.8 Å². The van der Waals surface area contributed by atoms with E-state index in [2.05, 4.69) is 20.5 Å². The fourth-order valence-corrected chi connectivity index (χ4v) is 4.90. The second kappa shape index (κ2) is 12.0. The number of nitrogens with zero attached hydrogens (tertiary/aromatic N) is 3. The predicted molar refractivity (Wildman–Crippen MR) is 145 cm³/mol. The number of hydrogen-bond donors (Lipinski definition) is 1. The molecule has 1 amide bonds. The molecule has 1 aromatic carbocycles. The number of anilines is 1. The van der Waals surface area contributed by atoms with Gasteiger partial charge in [-0.1, -0.05) is 42.5 Å². The average Bonchev–Trinajstić information content (AvgIpc) is 3.35. The molecule has 1 aliphatic heterocycles. The highest BCUT2D eigenvalue weighted by Gasteiger charge is 2.61. The number of halogens is 3. The number of allylic oxidation sites excluding steroid dienone is 2. The Morgan fingerprint density at radius 2 is 1.85 bits per heavy atom. The molecule has 0 saturated heterocycles. The van der Waals surface area contributed by atoms with Gasteiger partial charge in [-0.2, -0.15) is 13.2 Å². The number of nitrogens with one attached hydrogen (secondary N) is 1. The molecule has 0 fully saturated rings. The SMILES string of the molecule is Cc1cc(NC(=O)OC(C)(C)C)c2nc1SCCC=CCC[C@](OCc1ccccc1)(C(F)(F)F)c1nnc-2o1. The summed E-state index contributed by atoms with van der Waals surface area (Å²) in [6.07, 6.45) is -1.86. The lowest BCUT2D eigenvalue weighted by Crippen LogP contribution is -2.45. The molecular formula is C28H31F3N4O4S. The van der Waals surface area contributed by atoms with Crippen molar-refractivity contribution in [2.24, 2.45) is 0 Å². The Hall–Kier alpha value is -3.38. The maximum Gasteiger partial charge on any atom is 0.426 e. The standard InChI is InChI=1S/C28H31F3N4O4S/c1-18-16-20(32-25(36)39-26(2,3)4)21-22-34-35-24(38-22)27(28(29,30)31,37-17-19-12-8-7-9-13-19)14-10-5-6-11-15-40-23(18)33-21/h5-9,12-13,16H,10-11,14-15,17H2,1-4H3,(H,32,36)/t27-/m1/s1. The van der Waals surface area contributed by atoms with Gasteiger partial charge in [0.2, 0.25) is 5.60 Å². The zero-order chi connectivity index (χ0) is 29.0. The molecule has 1 atom stereocenters. The number of amides is 1. The number of ether oxygens (including phenoxy) is 2. The van der Waals surface area contributed by atoms with Crippen LogP contribution in [0.4, 0.5) is 23.7 Å². The molecule has 0 saturated carbocycles. The topological polar surface area (TPSA) is 99.4 Å². The molecule has 12 heteroatoms. The van der Waals surface area contributed by atoms with Gasteiger partial charge in [0.05, 0.1) is 12.3 Å². The molecule has 214 valence electrons. The van der Waals surface area contributed by atoms with E-state index in [1.54, 1.807) is 63.2 Å². The largest absolute Gasteiger partial charge is 0.444 e. The van der Waals surface area contributed by atoms with Crippen molar-refractivity contribution in [3.63, 3.8) is 0 Å². The summed E-state index contributed by atoms with van der Waals surface area (Å²) < 4.78 is 61.3. The maximum absolute atomic E-state index is 14.9. The van der Waals surface area contributed by atoms with Crippen LogP contribution in [0.15, 0.2) is 58.0 Å². The van der Waals surface area contributed by atoms with Crippen molar-refractivity contribution in [1.29, 1.82) is 0 Å². The van der Waals surface area contributed by atoms with Crippen molar-refractivity contribution in [2.45, 2.75) is 76.0 Å². The van der Waals surface area contributed by atoms with Crippen LogP contribution in [0.5, 0.6) is 0 Å². The minimum atomic E-state index is -4.88. The van der Waals surface area contributed by atoms with Gasteiger partial charge in [0.25, 0.3) is 11.8 Å². The van der Waals surface area contributed by atoms with Crippen LogP contribution >= 0.6 is 11.8 Å². The number of hydrogen-bond acceptors (Lipinski definition) is 8. The van der Waals surface area contributed by atoms with Crippen molar-refractivity contribution in [2.75, 3.05) is 11.1 Å². The van der Waals surface area contributed by atoms with Crippen LogP contribution in [-0.2, 0) is 21.7 Å². The van der Waals surface area contributed by atoms with Crippen LogP contribution < -0.4 is 5.32 Å². The Kier molecular flexibility index (Phi) is 8.89. The molecule has 2 aromatic heterocycles. The molecule has 8 nitrogen and oxygen atoms in total. The van der Waals surface area contributed by atoms with Gasteiger partial charge in [0.15, 0.2) is 5.69 Å². The summed E-state index contributed by atoms with van der Waals surface area (Å²) >= 11 is 1.48. The number of rotatable bonds is 4. The summed E-state index contributed by atoms with van der Waals surface area (Å²) in [4.78, 5) is 17.2. The number of pyridine rings is 1. The zero-order valence-electron chi connectivity index (χ0n) is 22.7. The third kappa shape index (κ3) is 7.03. The Balaban J connectivity index is 1.81. The number of carbonyl (C=O) groups excluding carboxylic acids is 1. The average molecular weight is 577 g/mol. The highest BCUT2D eigenvalue weighted by atomic mass is 32.2. The number of aromatic nitrogens is 3. The minimum absolute atomic E-state index is 0.0319. The van der Waals surface area contributed by atoms with E-state index in [-0.39, 0.29) is 30.3 Å². The highest BCUT2D eigenvalue weighted by molar-refractivity contribution is 7.99. The summed E-state index contributed by atoms with van der Waals surface area (Å²) in [5.74, 6) is -0.379. The molecule has 4 rings (SSSR count). The van der Waals surface area contributed by atoms with Crippen LogP contribution in [0.2, 0.25) is 0 Å². The quantitative estimate of drug-likeness (QED) is 0.317. The number of benzene rings is 1. The van der Waals surface area contributed by atoms with Crippen LogP contribution in [0.1, 0.15) is 57.1 Å². The monoisotopic (exact) mass is 576 g/mol. The first-order chi connectivity index (χ1) is 18.9. The lowest BCUT2D eigenvalue weighted by molar-refractivity contribution is -0.299. The number of carbonyl (C=O) groups is 1. The Morgan fingerprint density at radius 1 is 1.12 bits per heavy atom. The van der Waals surface area contributed by atoms with Gasteiger partial charge >= 0.3 is 12.3 Å². The Morgan fingerprint density at radius 3 is 2.55 bits per heavy atom. The van der Waals surface area contributed by atoms with Gasteiger partial charge in [-0.05, 0) is 64.2 Å². The number of fused-ring (bicyclic) bond motifs is 5. The van der Waals surface area contributed by atoms with Gasteiger partial charge in [0, 0.05) is 5.75 Å². The van der Waals surface area contributed by atoms with E-state index in [4.69, 9.17) is 13.9 Å². The van der Waals surface area contributed by atoms with Crippen LogP contribution in [0.25, 0.3) is 11.6 Å². The normalized spacial score (nSPS) is 18.2. The molecule has 0 spiro atoms. The number of thioether (sulfide) groups is 1. The molecular weight excluding hydrogens is 545 g/mol. The maximum atomic E-state index is 14.9. The summed E-state index contributed by atoms with van der Waals surface area (Å²) in [6.45, 7) is 6.64. The minimum Gasteiger partial charge on any atom is -0.444 e. The van der Waals surface area contributed by atoms with Crippen LogP contribution in [0, 0.1) is 6.92 Å². The zero-order valence-corrected chi connectivity index (χ0v) is 23.5. The molecule has 40 heavy (non-hydrogen) atoms. The predicted octanol–water partition coefficient (Wildman–Crippen LogP) is 7.59. The fraction of sp³-hybridized carbons (Fsp3) is 0.429. The first-order valence-electron chi connectivity index (χ1n) is 12.8. The molecule has 3 aromatic rings. The second-order valence-corrected chi connectivity index (χ2v) is 11.4. The van der Waals surface area contributed by atoms with E-state index in [9.17, 15) is 18.0 Å². The van der Waals surface area contributed by atoms with Crippen molar-refractivity contribution in [1.82, 2.24) is 15.2 Å². The van der Waals surface area contributed by atoms with Crippen molar-refractivity contribution >= 4 is 23.5 Å².